The van der Waals surface area contributed by atoms with Gasteiger partial charge in [0, 0.05) is 0 Å². The highest BCUT2D eigenvalue weighted by molar-refractivity contribution is 8.11. The number of hydrogen-bond acceptors (Lipinski definition) is 5. The predicted molar refractivity (Wildman–Crippen MR) is 54.0 cm³/mol. The van der Waals surface area contributed by atoms with Gasteiger partial charge in [-0.25, -0.2) is 0 Å². The first-order valence-corrected chi connectivity index (χ1v) is 4.43. The second-order valence-corrected chi connectivity index (χ2v) is 3.71. The zero-order valence-electron chi connectivity index (χ0n) is 5.55. The molecule has 1 aromatic heterocycles. The van der Waals surface area contributed by atoms with Gasteiger partial charge in [-0.15, -0.1) is 12.6 Å². The van der Waals surface area contributed by atoms with Gasteiger partial charge in [0.25, 0.3) is 0 Å². The Morgan fingerprint density at radius 1 is 1.92 bits per heavy atom. The van der Waals surface area contributed by atoms with Gasteiger partial charge in [0.2, 0.25) is 0 Å². The Morgan fingerprint density at radius 3 is 3.00 bits per heavy atom. The van der Waals surface area contributed by atoms with Crippen LogP contribution in [0.5, 0.6) is 0 Å². The van der Waals surface area contributed by atoms with Gasteiger partial charge in [-0.1, -0.05) is 23.6 Å². The number of aromatic nitrogens is 1. The molecule has 12 heavy (non-hydrogen) atoms. The van der Waals surface area contributed by atoms with Crippen LogP contribution in [-0.4, -0.2) is 14.2 Å². The van der Waals surface area contributed by atoms with Crippen LogP contribution in [0.15, 0.2) is 5.38 Å². The average Bonchev–Trinajstić information content (AvgIpc) is 2.34. The van der Waals surface area contributed by atoms with Crippen molar-refractivity contribution in [3.05, 3.63) is 15.5 Å². The summed E-state index contributed by atoms with van der Waals surface area (Å²) in [5.41, 5.74) is 0. The SMILES string of the molecule is O=[N+]([O-])c1csc(NC(=S)S)n1. The monoisotopic (exact) mass is 221 g/mol. The number of thiol groups is 1. The molecule has 5 nitrogen and oxygen atoms in total. The molecule has 0 saturated carbocycles. The van der Waals surface area contributed by atoms with Crippen molar-refractivity contribution in [2.24, 2.45) is 0 Å². The van der Waals surface area contributed by atoms with Crippen molar-refractivity contribution in [2.45, 2.75) is 0 Å². The summed E-state index contributed by atoms with van der Waals surface area (Å²) in [5.74, 6) is -0.188. The topological polar surface area (TPSA) is 68.1 Å². The molecule has 0 aliphatic heterocycles. The summed E-state index contributed by atoms with van der Waals surface area (Å²) >= 11 is 9.50. The first-order valence-electron chi connectivity index (χ1n) is 2.69. The fourth-order valence-corrected chi connectivity index (χ4v) is 1.50. The third kappa shape index (κ3) is 2.40. The predicted octanol–water partition coefficient (Wildman–Crippen LogP) is 1.68. The molecule has 0 amide bonds. The average molecular weight is 221 g/mol. The maximum Gasteiger partial charge on any atom is 0.376 e. The van der Waals surface area contributed by atoms with E-state index < -0.39 is 4.92 Å². The number of nitrogens with one attached hydrogen (secondary N) is 1. The van der Waals surface area contributed by atoms with E-state index in [1.165, 1.54) is 5.38 Å². The Morgan fingerprint density at radius 2 is 2.58 bits per heavy atom. The lowest BCUT2D eigenvalue weighted by atomic mass is 10.8. The maximum atomic E-state index is 10.2. The van der Waals surface area contributed by atoms with Crippen LogP contribution in [0.4, 0.5) is 10.9 Å². The van der Waals surface area contributed by atoms with Crippen molar-refractivity contribution in [3.8, 4) is 0 Å². The molecule has 0 aliphatic carbocycles. The second kappa shape index (κ2) is 3.78. The van der Waals surface area contributed by atoms with Gasteiger partial charge in [0.15, 0.2) is 0 Å². The number of nitro groups is 1. The van der Waals surface area contributed by atoms with Crippen LogP contribution < -0.4 is 5.32 Å². The molecular formula is C4H3N3O2S3. The minimum Gasteiger partial charge on any atom is -0.358 e. The Bertz CT molecular complexity index is 323. The van der Waals surface area contributed by atoms with Crippen LogP contribution >= 0.6 is 36.2 Å². The highest BCUT2D eigenvalue weighted by Gasteiger charge is 2.13. The minimum atomic E-state index is -0.566. The van der Waals surface area contributed by atoms with Crippen molar-refractivity contribution in [2.75, 3.05) is 5.32 Å². The third-order valence-electron chi connectivity index (χ3n) is 0.893. The lowest BCUT2D eigenvalue weighted by Gasteiger charge is -1.89. The normalized spacial score (nSPS) is 9.42. The van der Waals surface area contributed by atoms with E-state index in [1.807, 2.05) is 0 Å². The number of thiocarbonyl (C=S) groups is 1. The van der Waals surface area contributed by atoms with E-state index in [0.29, 0.717) is 5.13 Å². The molecule has 0 unspecified atom stereocenters. The van der Waals surface area contributed by atoms with Gasteiger partial charge in [0.05, 0.1) is 5.38 Å². The van der Waals surface area contributed by atoms with Gasteiger partial charge in [0.1, 0.15) is 4.32 Å². The van der Waals surface area contributed by atoms with E-state index in [2.05, 4.69) is 35.1 Å². The summed E-state index contributed by atoms with van der Waals surface area (Å²) < 4.78 is 0.235. The number of anilines is 1. The Balaban J connectivity index is 2.77. The zero-order chi connectivity index (χ0) is 9.14. The van der Waals surface area contributed by atoms with Crippen LogP contribution in [0.25, 0.3) is 0 Å². The molecule has 1 N–H and O–H groups in total. The molecule has 0 saturated heterocycles. The molecule has 64 valence electrons. The summed E-state index contributed by atoms with van der Waals surface area (Å²) in [5, 5.41) is 14.5. The summed E-state index contributed by atoms with van der Waals surface area (Å²) in [6, 6.07) is 0. The van der Waals surface area contributed by atoms with E-state index in [1.54, 1.807) is 0 Å². The number of nitrogens with zero attached hydrogens (tertiary/aromatic N) is 2. The summed E-state index contributed by atoms with van der Waals surface area (Å²) in [4.78, 5) is 13.2. The highest BCUT2D eigenvalue weighted by Crippen LogP contribution is 2.20. The largest absolute Gasteiger partial charge is 0.376 e. The third-order valence-corrected chi connectivity index (χ3v) is 1.85. The minimum absolute atomic E-state index is 0.188. The molecule has 0 fully saturated rings. The first kappa shape index (κ1) is 9.36. The Labute approximate surface area is 82.4 Å². The van der Waals surface area contributed by atoms with Crippen LogP contribution in [-0.2, 0) is 0 Å². The molecule has 0 radical (unpaired) electrons. The summed E-state index contributed by atoms with van der Waals surface area (Å²) in [6.07, 6.45) is 0. The van der Waals surface area contributed by atoms with Gasteiger partial charge in [-0.05, 0) is 9.91 Å². The van der Waals surface area contributed by atoms with Crippen molar-refractivity contribution in [1.29, 1.82) is 0 Å². The molecule has 0 bridgehead atoms. The molecule has 1 aromatic rings. The van der Waals surface area contributed by atoms with Crippen molar-refractivity contribution < 1.29 is 4.92 Å². The Kier molecular flexibility index (Phi) is 2.95. The van der Waals surface area contributed by atoms with Gasteiger partial charge in [-0.3, -0.25) is 5.32 Å². The van der Waals surface area contributed by atoms with Crippen LogP contribution in [0.1, 0.15) is 0 Å². The van der Waals surface area contributed by atoms with Crippen molar-refractivity contribution in [3.63, 3.8) is 0 Å². The van der Waals surface area contributed by atoms with E-state index in [9.17, 15) is 10.1 Å². The summed E-state index contributed by atoms with van der Waals surface area (Å²) in [6.45, 7) is 0. The van der Waals surface area contributed by atoms with Crippen LogP contribution in [0, 0.1) is 10.1 Å². The molecule has 0 atom stereocenters. The van der Waals surface area contributed by atoms with E-state index in [0.717, 1.165) is 11.3 Å². The quantitative estimate of drug-likeness (QED) is 0.344. The van der Waals surface area contributed by atoms with Gasteiger partial charge < -0.3 is 10.1 Å². The van der Waals surface area contributed by atoms with Crippen molar-refractivity contribution in [1.82, 2.24) is 4.98 Å². The smallest absolute Gasteiger partial charge is 0.358 e. The maximum absolute atomic E-state index is 10.2. The van der Waals surface area contributed by atoms with E-state index >= 15 is 0 Å². The number of rotatable bonds is 2. The van der Waals surface area contributed by atoms with Gasteiger partial charge in [-0.2, -0.15) is 0 Å². The first-order chi connectivity index (χ1) is 5.59. The molecule has 1 rings (SSSR count). The second-order valence-electron chi connectivity index (χ2n) is 1.70. The Hall–Kier alpha value is -0.730. The molecule has 0 aliphatic rings. The highest BCUT2D eigenvalue weighted by atomic mass is 32.1. The lowest BCUT2D eigenvalue weighted by Crippen LogP contribution is -2.00. The standard InChI is InChI=1S/C4H3N3O2S3/c8-7(9)2-1-12-3(5-2)6-4(10)11/h1H,(H2,5,6,10,11). The molecule has 0 spiro atoms. The fraction of sp³-hybridized carbons (Fsp3) is 0. The lowest BCUT2D eigenvalue weighted by molar-refractivity contribution is -0.389. The fourth-order valence-electron chi connectivity index (χ4n) is 0.498. The molecule has 1 heterocycles. The molecule has 8 heteroatoms. The van der Waals surface area contributed by atoms with Crippen LogP contribution in [0.2, 0.25) is 0 Å². The van der Waals surface area contributed by atoms with Crippen molar-refractivity contribution >= 4 is 51.5 Å². The van der Waals surface area contributed by atoms with E-state index in [-0.39, 0.29) is 10.1 Å². The van der Waals surface area contributed by atoms with Crippen LogP contribution in [0.3, 0.4) is 0 Å². The number of thiazole rings is 1. The van der Waals surface area contributed by atoms with Gasteiger partial charge >= 0.3 is 10.9 Å². The number of hydrogen-bond donors (Lipinski definition) is 2. The van der Waals surface area contributed by atoms with E-state index in [4.69, 9.17) is 0 Å². The molecular weight excluding hydrogens is 218 g/mol. The summed E-state index contributed by atoms with van der Waals surface area (Å²) in [7, 11) is 0. The molecule has 0 aromatic carbocycles. The zero-order valence-corrected chi connectivity index (χ0v) is 8.08.